The monoisotopic (exact) mass is 292 g/mol. The maximum atomic E-state index is 5.24. The molecule has 0 radical (unpaired) electrons. The maximum Gasteiger partial charge on any atom is 0.119 e. The minimum atomic E-state index is 0.137. The smallest absolute Gasteiger partial charge is 0.119 e. The second-order valence-electron chi connectivity index (χ2n) is 2.77. The zero-order chi connectivity index (χ0) is 9.84. The molecule has 1 rings (SSSR count). The van der Waals surface area contributed by atoms with Crippen molar-refractivity contribution < 1.29 is 9.47 Å². The second-order valence-corrected chi connectivity index (χ2v) is 3.93. The number of hydrogen-bond donors (Lipinski definition) is 0. The standard InChI is InChI=1S/C10H13IO2/c1-7(12-2)9-5-4-8(13-3)6-10(9)11/h4-7H,1-3H3/t7-/m0/s1. The number of halogens is 1. The molecule has 0 bridgehead atoms. The van der Waals surface area contributed by atoms with Crippen molar-refractivity contribution in [1.82, 2.24) is 0 Å². The Labute approximate surface area is 92.4 Å². The molecule has 1 aromatic rings. The van der Waals surface area contributed by atoms with E-state index in [0.29, 0.717) is 0 Å². The zero-order valence-electron chi connectivity index (χ0n) is 8.00. The molecule has 1 atom stereocenters. The van der Waals surface area contributed by atoms with Gasteiger partial charge >= 0.3 is 0 Å². The van der Waals surface area contributed by atoms with Crippen LogP contribution in [0.15, 0.2) is 18.2 Å². The molecule has 0 aliphatic rings. The third-order valence-electron chi connectivity index (χ3n) is 2.00. The lowest BCUT2D eigenvalue weighted by Crippen LogP contribution is -1.98. The molecule has 3 heteroatoms. The van der Waals surface area contributed by atoms with Gasteiger partial charge in [-0.15, -0.1) is 0 Å². The average Bonchev–Trinajstić information content (AvgIpc) is 2.16. The first-order valence-corrected chi connectivity index (χ1v) is 5.13. The molecule has 0 saturated heterocycles. The Balaban J connectivity index is 2.98. The van der Waals surface area contributed by atoms with E-state index in [1.807, 2.05) is 25.1 Å². The van der Waals surface area contributed by atoms with Gasteiger partial charge in [-0.2, -0.15) is 0 Å². The van der Waals surface area contributed by atoms with Crippen LogP contribution in [-0.2, 0) is 4.74 Å². The average molecular weight is 292 g/mol. The molecular weight excluding hydrogens is 279 g/mol. The van der Waals surface area contributed by atoms with Crippen LogP contribution in [0.25, 0.3) is 0 Å². The number of hydrogen-bond acceptors (Lipinski definition) is 2. The highest BCUT2D eigenvalue weighted by Crippen LogP contribution is 2.25. The van der Waals surface area contributed by atoms with Gasteiger partial charge in [0.25, 0.3) is 0 Å². The van der Waals surface area contributed by atoms with Crippen molar-refractivity contribution in [2.75, 3.05) is 14.2 Å². The largest absolute Gasteiger partial charge is 0.497 e. The summed E-state index contributed by atoms with van der Waals surface area (Å²) in [5.41, 5.74) is 1.20. The Bertz CT molecular complexity index is 286. The molecule has 0 unspecified atom stereocenters. The highest BCUT2D eigenvalue weighted by atomic mass is 127. The van der Waals surface area contributed by atoms with Gasteiger partial charge in [0, 0.05) is 10.7 Å². The molecular formula is C10H13IO2. The number of methoxy groups -OCH3 is 2. The molecule has 2 nitrogen and oxygen atoms in total. The normalized spacial score (nSPS) is 12.6. The van der Waals surface area contributed by atoms with Crippen molar-refractivity contribution in [1.29, 1.82) is 0 Å². The summed E-state index contributed by atoms with van der Waals surface area (Å²) < 4.78 is 11.5. The van der Waals surface area contributed by atoms with Crippen LogP contribution in [0.5, 0.6) is 5.75 Å². The molecule has 72 valence electrons. The lowest BCUT2D eigenvalue weighted by Gasteiger charge is -2.12. The van der Waals surface area contributed by atoms with Crippen molar-refractivity contribution in [2.45, 2.75) is 13.0 Å². The minimum Gasteiger partial charge on any atom is -0.497 e. The van der Waals surface area contributed by atoms with Gasteiger partial charge in [0.05, 0.1) is 13.2 Å². The summed E-state index contributed by atoms with van der Waals surface area (Å²) in [5, 5.41) is 0. The van der Waals surface area contributed by atoms with Crippen molar-refractivity contribution in [3.8, 4) is 5.75 Å². The first-order valence-electron chi connectivity index (χ1n) is 4.05. The SMILES string of the molecule is COc1ccc([C@H](C)OC)c(I)c1. The minimum absolute atomic E-state index is 0.137. The third kappa shape index (κ3) is 2.57. The lowest BCUT2D eigenvalue weighted by molar-refractivity contribution is 0.119. The molecule has 0 aliphatic carbocycles. The topological polar surface area (TPSA) is 18.5 Å². The van der Waals surface area contributed by atoms with Gasteiger partial charge in [-0.3, -0.25) is 0 Å². The summed E-state index contributed by atoms with van der Waals surface area (Å²) in [6.07, 6.45) is 0.137. The molecule has 1 aromatic carbocycles. The van der Waals surface area contributed by atoms with E-state index in [0.717, 1.165) is 5.75 Å². The van der Waals surface area contributed by atoms with Crippen molar-refractivity contribution in [2.24, 2.45) is 0 Å². The van der Waals surface area contributed by atoms with Gasteiger partial charge < -0.3 is 9.47 Å². The molecule has 0 amide bonds. The quantitative estimate of drug-likeness (QED) is 0.797. The van der Waals surface area contributed by atoms with Crippen LogP contribution in [0, 0.1) is 3.57 Å². The Kier molecular flexibility index (Phi) is 3.99. The fraction of sp³-hybridized carbons (Fsp3) is 0.400. The molecule has 0 saturated carbocycles. The van der Waals surface area contributed by atoms with Crippen LogP contribution >= 0.6 is 22.6 Å². The van der Waals surface area contributed by atoms with Crippen LogP contribution in [-0.4, -0.2) is 14.2 Å². The van der Waals surface area contributed by atoms with Gasteiger partial charge in [-0.05, 0) is 47.2 Å². The van der Waals surface area contributed by atoms with E-state index >= 15 is 0 Å². The summed E-state index contributed by atoms with van der Waals surface area (Å²) >= 11 is 2.29. The van der Waals surface area contributed by atoms with Crippen LogP contribution in [0.4, 0.5) is 0 Å². The van der Waals surface area contributed by atoms with Crippen molar-refractivity contribution in [3.05, 3.63) is 27.3 Å². The zero-order valence-corrected chi connectivity index (χ0v) is 10.2. The highest BCUT2D eigenvalue weighted by Gasteiger charge is 2.08. The fourth-order valence-corrected chi connectivity index (χ4v) is 2.02. The van der Waals surface area contributed by atoms with E-state index < -0.39 is 0 Å². The van der Waals surface area contributed by atoms with E-state index in [1.54, 1.807) is 14.2 Å². The predicted octanol–water partition coefficient (Wildman–Crippen LogP) is 3.01. The van der Waals surface area contributed by atoms with E-state index in [1.165, 1.54) is 9.13 Å². The molecule has 0 fully saturated rings. The van der Waals surface area contributed by atoms with Crippen molar-refractivity contribution in [3.63, 3.8) is 0 Å². The molecule has 0 spiro atoms. The molecule has 0 N–H and O–H groups in total. The summed E-state index contributed by atoms with van der Waals surface area (Å²) in [4.78, 5) is 0. The maximum absolute atomic E-state index is 5.24. The molecule has 0 aromatic heterocycles. The van der Waals surface area contributed by atoms with Crippen LogP contribution in [0.1, 0.15) is 18.6 Å². The predicted molar refractivity (Wildman–Crippen MR) is 61.1 cm³/mol. The van der Waals surface area contributed by atoms with Gasteiger partial charge in [0.1, 0.15) is 5.75 Å². The van der Waals surface area contributed by atoms with Gasteiger partial charge in [-0.1, -0.05) is 6.07 Å². The molecule has 0 aliphatic heterocycles. The Hall–Kier alpha value is -0.290. The second kappa shape index (κ2) is 4.81. The highest BCUT2D eigenvalue weighted by molar-refractivity contribution is 14.1. The summed E-state index contributed by atoms with van der Waals surface area (Å²) in [5.74, 6) is 0.886. The van der Waals surface area contributed by atoms with E-state index in [9.17, 15) is 0 Å². The van der Waals surface area contributed by atoms with Crippen LogP contribution < -0.4 is 4.74 Å². The number of ether oxygens (including phenoxy) is 2. The summed E-state index contributed by atoms with van der Waals surface area (Å²) in [6.45, 7) is 2.03. The molecule has 0 heterocycles. The summed E-state index contributed by atoms with van der Waals surface area (Å²) in [7, 11) is 3.38. The fourth-order valence-electron chi connectivity index (χ4n) is 1.09. The van der Waals surface area contributed by atoms with Crippen LogP contribution in [0.2, 0.25) is 0 Å². The lowest BCUT2D eigenvalue weighted by atomic mass is 10.1. The first-order chi connectivity index (χ1) is 6.19. The van der Waals surface area contributed by atoms with Gasteiger partial charge in [-0.25, -0.2) is 0 Å². The number of benzene rings is 1. The van der Waals surface area contributed by atoms with Crippen molar-refractivity contribution >= 4 is 22.6 Å². The van der Waals surface area contributed by atoms with Crippen LogP contribution in [0.3, 0.4) is 0 Å². The third-order valence-corrected chi connectivity index (χ3v) is 2.93. The van der Waals surface area contributed by atoms with E-state index in [4.69, 9.17) is 9.47 Å². The summed E-state index contributed by atoms with van der Waals surface area (Å²) in [6, 6.07) is 5.99. The number of rotatable bonds is 3. The molecule has 13 heavy (non-hydrogen) atoms. The Morgan fingerprint density at radius 3 is 2.46 bits per heavy atom. The van der Waals surface area contributed by atoms with E-state index in [2.05, 4.69) is 22.6 Å². The Morgan fingerprint density at radius 2 is 2.00 bits per heavy atom. The van der Waals surface area contributed by atoms with Gasteiger partial charge in [0.15, 0.2) is 0 Å². The van der Waals surface area contributed by atoms with E-state index in [-0.39, 0.29) is 6.10 Å². The first kappa shape index (κ1) is 10.8. The Morgan fingerprint density at radius 1 is 1.31 bits per heavy atom. The van der Waals surface area contributed by atoms with Gasteiger partial charge in [0.2, 0.25) is 0 Å².